The fourth-order valence-electron chi connectivity index (χ4n) is 2.22. The molecule has 1 fully saturated rings. The summed E-state index contributed by atoms with van der Waals surface area (Å²) in [6.07, 6.45) is 1.80. The van der Waals surface area contributed by atoms with Crippen LogP contribution in [0.3, 0.4) is 0 Å². The van der Waals surface area contributed by atoms with Gasteiger partial charge in [0.05, 0.1) is 0 Å². The maximum atomic E-state index is 11.9. The summed E-state index contributed by atoms with van der Waals surface area (Å²) in [5.41, 5.74) is -0.527. The second-order valence-electron chi connectivity index (χ2n) is 6.44. The van der Waals surface area contributed by atoms with Gasteiger partial charge in [0.2, 0.25) is 0 Å². The fraction of sp³-hybridized carbons (Fsp3) is 0.800. The first-order chi connectivity index (χ1) is 10.2. The molecule has 7 heteroatoms. The lowest BCUT2D eigenvalue weighted by Crippen LogP contribution is -2.40. The minimum atomic E-state index is -0.527. The number of ether oxygens (including phenoxy) is 2. The standard InChI is InChI=1S/C15H26N2O5/c1-11(18)21-10-13(19)17-8-5-6-12(7-9-17)16-14(20)22-15(2,3)4/h12H,5-10H2,1-4H3,(H,16,20). The molecule has 1 N–H and O–H groups in total. The number of rotatable bonds is 3. The van der Waals surface area contributed by atoms with Gasteiger partial charge < -0.3 is 19.7 Å². The van der Waals surface area contributed by atoms with Crippen molar-refractivity contribution in [2.24, 2.45) is 0 Å². The Morgan fingerprint density at radius 2 is 1.86 bits per heavy atom. The molecule has 0 aromatic heterocycles. The summed E-state index contributed by atoms with van der Waals surface area (Å²) in [5, 5.41) is 2.84. The molecule has 0 aromatic carbocycles. The Bertz CT molecular complexity index is 417. The van der Waals surface area contributed by atoms with E-state index in [-0.39, 0.29) is 18.6 Å². The number of carbonyl (C=O) groups is 3. The molecule has 1 aliphatic heterocycles. The third-order valence-electron chi connectivity index (χ3n) is 3.20. The normalized spacial score (nSPS) is 19.1. The number of nitrogens with zero attached hydrogens (tertiary/aromatic N) is 1. The molecule has 126 valence electrons. The van der Waals surface area contributed by atoms with Crippen molar-refractivity contribution in [3.8, 4) is 0 Å². The van der Waals surface area contributed by atoms with E-state index >= 15 is 0 Å². The zero-order chi connectivity index (χ0) is 16.8. The van der Waals surface area contributed by atoms with Gasteiger partial charge in [0.25, 0.3) is 5.91 Å². The van der Waals surface area contributed by atoms with Gasteiger partial charge in [-0.3, -0.25) is 9.59 Å². The number of carbonyl (C=O) groups excluding carboxylic acids is 3. The zero-order valence-corrected chi connectivity index (χ0v) is 13.8. The molecule has 0 bridgehead atoms. The molecular weight excluding hydrogens is 288 g/mol. The Morgan fingerprint density at radius 1 is 1.18 bits per heavy atom. The van der Waals surface area contributed by atoms with Crippen molar-refractivity contribution >= 4 is 18.0 Å². The van der Waals surface area contributed by atoms with Gasteiger partial charge in [-0.1, -0.05) is 0 Å². The van der Waals surface area contributed by atoms with E-state index in [0.29, 0.717) is 19.5 Å². The molecule has 1 atom stereocenters. The summed E-state index contributed by atoms with van der Waals surface area (Å²) in [7, 11) is 0. The zero-order valence-electron chi connectivity index (χ0n) is 13.8. The monoisotopic (exact) mass is 314 g/mol. The van der Waals surface area contributed by atoms with E-state index in [0.717, 1.165) is 12.8 Å². The molecular formula is C15H26N2O5. The summed E-state index contributed by atoms with van der Waals surface area (Å²) < 4.78 is 9.96. The number of hydrogen-bond acceptors (Lipinski definition) is 5. The summed E-state index contributed by atoms with van der Waals surface area (Å²) in [5.74, 6) is -0.666. The van der Waals surface area contributed by atoms with Crippen LogP contribution < -0.4 is 5.32 Å². The Labute approximate surface area is 131 Å². The number of esters is 1. The van der Waals surface area contributed by atoms with Crippen molar-refractivity contribution in [3.63, 3.8) is 0 Å². The van der Waals surface area contributed by atoms with Gasteiger partial charge in [0.1, 0.15) is 5.60 Å². The molecule has 1 heterocycles. The van der Waals surface area contributed by atoms with E-state index in [1.54, 1.807) is 4.90 Å². The average molecular weight is 314 g/mol. The number of nitrogens with one attached hydrogen (secondary N) is 1. The van der Waals surface area contributed by atoms with Gasteiger partial charge in [0, 0.05) is 26.1 Å². The van der Waals surface area contributed by atoms with Crippen LogP contribution >= 0.6 is 0 Å². The summed E-state index contributed by atoms with van der Waals surface area (Å²) >= 11 is 0. The summed E-state index contributed by atoms with van der Waals surface area (Å²) in [4.78, 5) is 36.1. The molecule has 0 aromatic rings. The van der Waals surface area contributed by atoms with E-state index in [4.69, 9.17) is 9.47 Å². The third-order valence-corrected chi connectivity index (χ3v) is 3.20. The Morgan fingerprint density at radius 3 is 2.45 bits per heavy atom. The molecule has 1 rings (SSSR count). The first-order valence-corrected chi connectivity index (χ1v) is 7.58. The lowest BCUT2D eigenvalue weighted by molar-refractivity contribution is -0.150. The van der Waals surface area contributed by atoms with Crippen LogP contribution in [0.25, 0.3) is 0 Å². The molecule has 2 amide bonds. The quantitative estimate of drug-likeness (QED) is 0.797. The summed E-state index contributed by atoms with van der Waals surface area (Å²) in [6.45, 7) is 7.63. The molecule has 0 radical (unpaired) electrons. The fourth-order valence-corrected chi connectivity index (χ4v) is 2.22. The minimum absolute atomic E-state index is 0.0126. The molecule has 0 spiro atoms. The minimum Gasteiger partial charge on any atom is -0.456 e. The highest BCUT2D eigenvalue weighted by atomic mass is 16.6. The predicted molar refractivity (Wildman–Crippen MR) is 80.2 cm³/mol. The van der Waals surface area contributed by atoms with Crippen LogP contribution in [0.4, 0.5) is 4.79 Å². The maximum absolute atomic E-state index is 11.9. The summed E-state index contributed by atoms with van der Waals surface area (Å²) in [6, 6.07) is -0.0126. The van der Waals surface area contributed by atoms with Crippen molar-refractivity contribution in [1.82, 2.24) is 10.2 Å². The van der Waals surface area contributed by atoms with Crippen molar-refractivity contribution in [2.75, 3.05) is 19.7 Å². The van der Waals surface area contributed by atoms with E-state index < -0.39 is 17.7 Å². The lowest BCUT2D eigenvalue weighted by Gasteiger charge is -2.23. The first-order valence-electron chi connectivity index (χ1n) is 7.58. The molecule has 7 nitrogen and oxygen atoms in total. The van der Waals surface area contributed by atoms with E-state index in [2.05, 4.69) is 5.32 Å². The van der Waals surface area contributed by atoms with E-state index in [9.17, 15) is 14.4 Å². The molecule has 1 unspecified atom stereocenters. The highest BCUT2D eigenvalue weighted by Gasteiger charge is 2.24. The Balaban J connectivity index is 2.40. The molecule has 0 aliphatic carbocycles. The molecule has 1 saturated heterocycles. The molecule has 1 aliphatic rings. The number of likely N-dealkylation sites (tertiary alicyclic amines) is 1. The van der Waals surface area contributed by atoms with E-state index in [1.807, 2.05) is 20.8 Å². The van der Waals surface area contributed by atoms with Crippen LogP contribution in [-0.2, 0) is 19.1 Å². The number of hydrogen-bond donors (Lipinski definition) is 1. The lowest BCUT2D eigenvalue weighted by atomic mass is 10.1. The highest BCUT2D eigenvalue weighted by molar-refractivity contribution is 5.80. The number of amides is 2. The Hall–Kier alpha value is -1.79. The van der Waals surface area contributed by atoms with Crippen molar-refractivity contribution < 1.29 is 23.9 Å². The van der Waals surface area contributed by atoms with Crippen LogP contribution in [0.5, 0.6) is 0 Å². The average Bonchev–Trinajstić information content (AvgIpc) is 2.59. The Kier molecular flexibility index (Phi) is 6.64. The van der Waals surface area contributed by atoms with Crippen molar-refractivity contribution in [2.45, 2.75) is 58.6 Å². The first kappa shape index (κ1) is 18.3. The topological polar surface area (TPSA) is 84.9 Å². The predicted octanol–water partition coefficient (Wildman–Crippen LogP) is 1.46. The van der Waals surface area contributed by atoms with Crippen LogP contribution in [0.2, 0.25) is 0 Å². The van der Waals surface area contributed by atoms with Gasteiger partial charge in [-0.05, 0) is 40.0 Å². The van der Waals surface area contributed by atoms with Crippen LogP contribution in [0, 0.1) is 0 Å². The molecule has 0 saturated carbocycles. The smallest absolute Gasteiger partial charge is 0.407 e. The second kappa shape index (κ2) is 8.00. The SMILES string of the molecule is CC(=O)OCC(=O)N1CCCC(NC(=O)OC(C)(C)C)CC1. The van der Waals surface area contributed by atoms with Crippen molar-refractivity contribution in [1.29, 1.82) is 0 Å². The van der Waals surface area contributed by atoms with Gasteiger partial charge >= 0.3 is 12.1 Å². The highest BCUT2D eigenvalue weighted by Crippen LogP contribution is 2.13. The maximum Gasteiger partial charge on any atom is 0.407 e. The van der Waals surface area contributed by atoms with Gasteiger partial charge in [-0.2, -0.15) is 0 Å². The van der Waals surface area contributed by atoms with Crippen molar-refractivity contribution in [3.05, 3.63) is 0 Å². The van der Waals surface area contributed by atoms with Gasteiger partial charge in [-0.25, -0.2) is 4.79 Å². The third kappa shape index (κ3) is 7.28. The second-order valence-corrected chi connectivity index (χ2v) is 6.44. The van der Waals surface area contributed by atoms with Crippen LogP contribution in [0.1, 0.15) is 47.0 Å². The largest absolute Gasteiger partial charge is 0.456 e. The van der Waals surface area contributed by atoms with Gasteiger partial charge in [-0.15, -0.1) is 0 Å². The number of alkyl carbamates (subject to hydrolysis) is 1. The van der Waals surface area contributed by atoms with Gasteiger partial charge in [0.15, 0.2) is 6.61 Å². The van der Waals surface area contributed by atoms with E-state index in [1.165, 1.54) is 6.92 Å². The van der Waals surface area contributed by atoms with Crippen LogP contribution in [0.15, 0.2) is 0 Å². The molecule has 22 heavy (non-hydrogen) atoms. The van der Waals surface area contributed by atoms with Crippen LogP contribution in [-0.4, -0.2) is 54.2 Å².